The number of hydrogen-bond donors (Lipinski definition) is 3. The maximum absolute atomic E-state index is 6.12. The highest BCUT2D eigenvalue weighted by atomic mass is 16.5. The van der Waals surface area contributed by atoms with Crippen molar-refractivity contribution in [2.24, 2.45) is 0 Å². The first kappa shape index (κ1) is 19.0. The van der Waals surface area contributed by atoms with Crippen LogP contribution in [0.1, 0.15) is 37.9 Å². The minimum absolute atomic E-state index is 0.240. The standard InChI is InChI=1S/C20H26N8O/c1-13-22-17(24-14-8-4-3-5-9-14)12-18(23-13)28-19(21)26-20(27-28)25-15-10-6-7-11-16(15)29-2/h6-7,10-12,14H,3-5,8-9H2,1-2H3,(H,22,23,24)(H3,21,25,26,27). The molecule has 29 heavy (non-hydrogen) atoms. The minimum Gasteiger partial charge on any atom is -0.495 e. The van der Waals surface area contributed by atoms with Crippen molar-refractivity contribution in [3.63, 3.8) is 0 Å². The van der Waals surface area contributed by atoms with Crippen LogP contribution in [-0.4, -0.2) is 37.9 Å². The van der Waals surface area contributed by atoms with Crippen molar-refractivity contribution in [3.05, 3.63) is 36.2 Å². The summed E-state index contributed by atoms with van der Waals surface area (Å²) in [4.78, 5) is 13.3. The molecule has 4 N–H and O–H groups in total. The number of methoxy groups -OCH3 is 1. The second kappa shape index (κ2) is 8.34. The number of nitrogens with one attached hydrogen (secondary N) is 2. The van der Waals surface area contributed by atoms with Gasteiger partial charge in [-0.1, -0.05) is 31.4 Å². The fourth-order valence-electron chi connectivity index (χ4n) is 3.60. The Hall–Kier alpha value is -3.36. The topological polar surface area (TPSA) is 116 Å². The lowest BCUT2D eigenvalue weighted by atomic mass is 9.95. The van der Waals surface area contributed by atoms with Gasteiger partial charge in [0.25, 0.3) is 0 Å². The van der Waals surface area contributed by atoms with Crippen LogP contribution >= 0.6 is 0 Å². The molecule has 1 aliphatic rings. The van der Waals surface area contributed by atoms with Gasteiger partial charge < -0.3 is 21.1 Å². The molecule has 0 radical (unpaired) electrons. The number of benzene rings is 1. The monoisotopic (exact) mass is 394 g/mol. The van der Waals surface area contributed by atoms with Crippen LogP contribution in [0.2, 0.25) is 0 Å². The molecule has 1 saturated carbocycles. The Labute approximate surface area is 169 Å². The van der Waals surface area contributed by atoms with Crippen molar-refractivity contribution in [3.8, 4) is 11.6 Å². The summed E-state index contributed by atoms with van der Waals surface area (Å²) in [7, 11) is 1.62. The van der Waals surface area contributed by atoms with E-state index in [4.69, 9.17) is 10.5 Å². The first-order valence-corrected chi connectivity index (χ1v) is 9.87. The first-order chi connectivity index (χ1) is 14.1. The van der Waals surface area contributed by atoms with Gasteiger partial charge >= 0.3 is 0 Å². The van der Waals surface area contributed by atoms with Gasteiger partial charge in [0, 0.05) is 12.1 Å². The molecule has 1 aromatic carbocycles. The molecule has 1 aliphatic carbocycles. The molecule has 0 unspecified atom stereocenters. The zero-order chi connectivity index (χ0) is 20.2. The molecule has 0 aliphatic heterocycles. The van der Waals surface area contributed by atoms with Crippen LogP contribution < -0.4 is 21.1 Å². The van der Waals surface area contributed by atoms with E-state index in [1.807, 2.05) is 37.3 Å². The number of anilines is 4. The van der Waals surface area contributed by atoms with Crippen molar-refractivity contribution in [2.75, 3.05) is 23.5 Å². The van der Waals surface area contributed by atoms with E-state index < -0.39 is 0 Å². The zero-order valence-electron chi connectivity index (χ0n) is 16.7. The van der Waals surface area contributed by atoms with Gasteiger partial charge in [-0.2, -0.15) is 9.67 Å². The van der Waals surface area contributed by atoms with Gasteiger partial charge in [0.1, 0.15) is 17.4 Å². The zero-order valence-corrected chi connectivity index (χ0v) is 16.7. The summed E-state index contributed by atoms with van der Waals surface area (Å²) < 4.78 is 6.87. The Bertz CT molecular complexity index is 980. The summed E-state index contributed by atoms with van der Waals surface area (Å²) >= 11 is 0. The van der Waals surface area contributed by atoms with Gasteiger partial charge in [0.05, 0.1) is 12.8 Å². The van der Waals surface area contributed by atoms with Gasteiger partial charge in [0.2, 0.25) is 11.9 Å². The molecular formula is C20H26N8O. The van der Waals surface area contributed by atoms with Gasteiger partial charge in [-0.15, -0.1) is 5.10 Å². The number of nitrogens with zero attached hydrogens (tertiary/aromatic N) is 5. The molecule has 0 atom stereocenters. The molecule has 2 aromatic heterocycles. The van der Waals surface area contributed by atoms with Crippen LogP contribution in [0.25, 0.3) is 5.82 Å². The minimum atomic E-state index is 0.240. The highest BCUT2D eigenvalue weighted by Crippen LogP contribution is 2.27. The van der Waals surface area contributed by atoms with E-state index in [9.17, 15) is 0 Å². The third-order valence-electron chi connectivity index (χ3n) is 4.98. The number of nitrogen functional groups attached to an aromatic ring is 1. The van der Waals surface area contributed by atoms with Gasteiger partial charge in [-0.25, -0.2) is 9.97 Å². The molecule has 0 amide bonds. The van der Waals surface area contributed by atoms with Crippen LogP contribution in [0.4, 0.5) is 23.4 Å². The largest absolute Gasteiger partial charge is 0.495 e. The molecule has 0 saturated heterocycles. The molecule has 3 aromatic rings. The second-order valence-corrected chi connectivity index (χ2v) is 7.17. The summed E-state index contributed by atoms with van der Waals surface area (Å²) in [6.07, 6.45) is 6.14. The lowest BCUT2D eigenvalue weighted by molar-refractivity contribution is 0.417. The number of nitrogens with two attached hydrogens (primary N) is 1. The number of ether oxygens (including phenoxy) is 1. The third kappa shape index (κ3) is 4.39. The Kier molecular flexibility index (Phi) is 5.46. The second-order valence-electron chi connectivity index (χ2n) is 7.17. The van der Waals surface area contributed by atoms with Crippen molar-refractivity contribution >= 4 is 23.4 Å². The summed E-state index contributed by atoms with van der Waals surface area (Å²) in [5, 5.41) is 11.1. The van der Waals surface area contributed by atoms with E-state index in [-0.39, 0.29) is 5.95 Å². The van der Waals surface area contributed by atoms with Crippen LogP contribution in [0, 0.1) is 6.92 Å². The number of para-hydroxylation sites is 2. The normalized spacial score (nSPS) is 14.6. The average molecular weight is 394 g/mol. The van der Waals surface area contributed by atoms with Gasteiger partial charge in [0.15, 0.2) is 5.82 Å². The number of rotatable bonds is 6. The molecular weight excluding hydrogens is 368 g/mol. The fourth-order valence-corrected chi connectivity index (χ4v) is 3.60. The molecule has 9 nitrogen and oxygen atoms in total. The molecule has 4 rings (SSSR count). The van der Waals surface area contributed by atoms with E-state index in [1.54, 1.807) is 7.11 Å². The lowest BCUT2D eigenvalue weighted by Crippen LogP contribution is -2.23. The molecule has 2 heterocycles. The van der Waals surface area contributed by atoms with E-state index in [0.717, 1.165) is 24.3 Å². The number of hydrogen-bond acceptors (Lipinski definition) is 8. The summed E-state index contributed by atoms with van der Waals surface area (Å²) in [5.74, 6) is 3.31. The van der Waals surface area contributed by atoms with Crippen LogP contribution in [0.3, 0.4) is 0 Å². The molecule has 9 heteroatoms. The molecule has 152 valence electrons. The Morgan fingerprint density at radius 2 is 1.90 bits per heavy atom. The average Bonchev–Trinajstić information content (AvgIpc) is 3.09. The van der Waals surface area contributed by atoms with Crippen molar-refractivity contribution in [1.29, 1.82) is 0 Å². The van der Waals surface area contributed by atoms with Crippen LogP contribution in [0.15, 0.2) is 30.3 Å². The summed E-state index contributed by atoms with van der Waals surface area (Å²) in [6.45, 7) is 1.86. The molecule has 1 fully saturated rings. The van der Waals surface area contributed by atoms with Crippen LogP contribution in [-0.2, 0) is 0 Å². The molecule has 0 spiro atoms. The smallest absolute Gasteiger partial charge is 0.249 e. The highest BCUT2D eigenvalue weighted by Gasteiger charge is 2.16. The van der Waals surface area contributed by atoms with E-state index >= 15 is 0 Å². The summed E-state index contributed by atoms with van der Waals surface area (Å²) in [6, 6.07) is 9.86. The Balaban J connectivity index is 1.58. The maximum Gasteiger partial charge on any atom is 0.249 e. The van der Waals surface area contributed by atoms with E-state index in [0.29, 0.717) is 29.4 Å². The summed E-state index contributed by atoms with van der Waals surface area (Å²) in [5.41, 5.74) is 6.87. The van der Waals surface area contributed by atoms with Crippen molar-refractivity contribution < 1.29 is 4.74 Å². The quantitative estimate of drug-likeness (QED) is 0.582. The van der Waals surface area contributed by atoms with Gasteiger partial charge in [-0.3, -0.25) is 0 Å². The predicted molar refractivity (Wildman–Crippen MR) is 113 cm³/mol. The Morgan fingerprint density at radius 3 is 2.69 bits per heavy atom. The maximum atomic E-state index is 6.12. The van der Waals surface area contributed by atoms with E-state index in [1.165, 1.54) is 23.9 Å². The highest BCUT2D eigenvalue weighted by molar-refractivity contribution is 5.63. The molecule has 0 bridgehead atoms. The van der Waals surface area contributed by atoms with Crippen molar-refractivity contribution in [1.82, 2.24) is 24.7 Å². The third-order valence-corrected chi connectivity index (χ3v) is 4.98. The SMILES string of the molecule is COc1ccccc1Nc1nc(N)n(-c2cc(NC3CCCCC3)nc(C)n2)n1. The number of aryl methyl sites for hydroxylation is 1. The lowest BCUT2D eigenvalue weighted by Gasteiger charge is -2.23. The fraction of sp³-hybridized carbons (Fsp3) is 0.400. The number of aromatic nitrogens is 5. The predicted octanol–water partition coefficient (Wildman–Crippen LogP) is 3.44. The van der Waals surface area contributed by atoms with Gasteiger partial charge in [-0.05, 0) is 31.9 Å². The Morgan fingerprint density at radius 1 is 1.10 bits per heavy atom. The first-order valence-electron chi connectivity index (χ1n) is 9.87. The van der Waals surface area contributed by atoms with Crippen molar-refractivity contribution in [2.45, 2.75) is 45.1 Å². The van der Waals surface area contributed by atoms with E-state index in [2.05, 4.69) is 30.7 Å². The van der Waals surface area contributed by atoms with Crippen LogP contribution in [0.5, 0.6) is 5.75 Å².